The number of amides is 1. The summed E-state index contributed by atoms with van der Waals surface area (Å²) in [6.07, 6.45) is 0. The molecule has 164 valence electrons. The van der Waals surface area contributed by atoms with E-state index in [1.807, 2.05) is 48.6 Å². The van der Waals surface area contributed by atoms with Gasteiger partial charge in [-0.2, -0.15) is 8.78 Å². The number of carbonyl (C=O) groups excluding carboxylic acids is 1. The molecule has 0 radical (unpaired) electrons. The summed E-state index contributed by atoms with van der Waals surface area (Å²) in [6.45, 7) is 2.23. The van der Waals surface area contributed by atoms with Crippen molar-refractivity contribution >= 4 is 16.9 Å². The third-order valence-electron chi connectivity index (χ3n) is 5.65. The SMILES string of the molecule is CCn1c(C(O)(c2ccccc2)c2ccccc2)nc2ccc(C(F)(F)C(=O)NC)cc21. The number of aryl methyl sites for hydroxylation is 1. The van der Waals surface area contributed by atoms with E-state index in [1.54, 1.807) is 28.8 Å². The van der Waals surface area contributed by atoms with Crippen LogP contribution in [-0.2, 0) is 22.9 Å². The number of alkyl halides is 2. The first-order valence-electron chi connectivity index (χ1n) is 10.3. The molecule has 0 bridgehead atoms. The Morgan fingerprint density at radius 2 is 1.53 bits per heavy atom. The molecule has 5 nitrogen and oxygen atoms in total. The molecule has 7 heteroatoms. The number of imidazole rings is 1. The Balaban J connectivity index is 1.99. The highest BCUT2D eigenvalue weighted by Gasteiger charge is 2.42. The van der Waals surface area contributed by atoms with E-state index in [2.05, 4.69) is 4.98 Å². The maximum absolute atomic E-state index is 14.6. The van der Waals surface area contributed by atoms with E-state index >= 15 is 0 Å². The monoisotopic (exact) mass is 435 g/mol. The Bertz CT molecular complexity index is 1210. The Morgan fingerprint density at radius 1 is 0.969 bits per heavy atom. The lowest BCUT2D eigenvalue weighted by Crippen LogP contribution is -2.35. The largest absolute Gasteiger partial charge is 0.373 e. The molecule has 0 saturated carbocycles. The van der Waals surface area contributed by atoms with Gasteiger partial charge in [0.05, 0.1) is 11.0 Å². The second-order valence-corrected chi connectivity index (χ2v) is 7.48. The first-order valence-corrected chi connectivity index (χ1v) is 10.3. The molecule has 0 saturated heterocycles. The van der Waals surface area contributed by atoms with Crippen molar-refractivity contribution in [3.05, 3.63) is 101 Å². The molecule has 1 aromatic heterocycles. The highest BCUT2D eigenvalue weighted by Crippen LogP contribution is 2.38. The van der Waals surface area contributed by atoms with Crippen molar-refractivity contribution in [1.29, 1.82) is 0 Å². The van der Waals surface area contributed by atoms with E-state index in [0.29, 0.717) is 34.5 Å². The lowest BCUT2D eigenvalue weighted by atomic mass is 9.85. The van der Waals surface area contributed by atoms with E-state index in [9.17, 15) is 18.7 Å². The number of carbonyl (C=O) groups is 1. The van der Waals surface area contributed by atoms with Crippen LogP contribution in [-0.4, -0.2) is 27.6 Å². The Morgan fingerprint density at radius 3 is 2.03 bits per heavy atom. The number of likely N-dealkylation sites (N-methyl/N-ethyl adjacent to an activating group) is 1. The topological polar surface area (TPSA) is 67.1 Å². The van der Waals surface area contributed by atoms with Gasteiger partial charge in [0.1, 0.15) is 0 Å². The van der Waals surface area contributed by atoms with Crippen LogP contribution in [0.4, 0.5) is 8.78 Å². The number of hydrogen-bond acceptors (Lipinski definition) is 3. The summed E-state index contributed by atoms with van der Waals surface area (Å²) in [6, 6.07) is 22.1. The average Bonchev–Trinajstić information content (AvgIpc) is 3.22. The first kappa shape index (κ1) is 21.6. The summed E-state index contributed by atoms with van der Waals surface area (Å²) in [4.78, 5) is 16.4. The molecule has 4 rings (SSSR count). The highest BCUT2D eigenvalue weighted by atomic mass is 19.3. The van der Waals surface area contributed by atoms with Crippen LogP contribution >= 0.6 is 0 Å². The summed E-state index contributed by atoms with van der Waals surface area (Å²) in [5.41, 5.74) is 0.0197. The van der Waals surface area contributed by atoms with Crippen LogP contribution in [0.2, 0.25) is 0 Å². The Kier molecular flexibility index (Phi) is 5.52. The number of rotatable bonds is 6. The van der Waals surface area contributed by atoms with Gasteiger partial charge < -0.3 is 15.0 Å². The van der Waals surface area contributed by atoms with Crippen molar-refractivity contribution in [3.63, 3.8) is 0 Å². The van der Waals surface area contributed by atoms with Gasteiger partial charge in [-0.3, -0.25) is 4.79 Å². The molecule has 2 N–H and O–H groups in total. The van der Waals surface area contributed by atoms with Crippen molar-refractivity contribution in [3.8, 4) is 0 Å². The first-order chi connectivity index (χ1) is 15.3. The third kappa shape index (κ3) is 3.35. The minimum Gasteiger partial charge on any atom is -0.373 e. The zero-order chi connectivity index (χ0) is 22.9. The number of hydrogen-bond donors (Lipinski definition) is 2. The molecule has 0 aliphatic rings. The molecule has 0 fully saturated rings. The molecule has 0 aliphatic carbocycles. The minimum atomic E-state index is -3.69. The molecular weight excluding hydrogens is 412 g/mol. The molecule has 0 atom stereocenters. The van der Waals surface area contributed by atoms with Gasteiger partial charge in [-0.25, -0.2) is 4.98 Å². The smallest absolute Gasteiger partial charge is 0.349 e. The standard InChI is InChI=1S/C25H23F2N3O2/c1-3-30-21-16-19(25(26,27)23(31)28-2)14-15-20(21)29-22(30)24(32,17-10-6-4-7-11-17)18-12-8-5-9-13-18/h4-16,32H,3H2,1-2H3,(H,28,31). The maximum atomic E-state index is 14.6. The van der Waals surface area contributed by atoms with E-state index in [-0.39, 0.29) is 0 Å². The minimum absolute atomic E-state index is 0.313. The fourth-order valence-electron chi connectivity index (χ4n) is 3.99. The quantitative estimate of drug-likeness (QED) is 0.478. The van der Waals surface area contributed by atoms with Gasteiger partial charge in [-0.05, 0) is 30.2 Å². The fraction of sp³-hybridized carbons (Fsp3) is 0.200. The molecule has 32 heavy (non-hydrogen) atoms. The zero-order valence-corrected chi connectivity index (χ0v) is 17.7. The molecule has 0 unspecified atom stereocenters. The number of aromatic nitrogens is 2. The second-order valence-electron chi connectivity index (χ2n) is 7.48. The van der Waals surface area contributed by atoms with Crippen LogP contribution in [0.5, 0.6) is 0 Å². The molecule has 0 aliphatic heterocycles. The number of aliphatic hydroxyl groups is 1. The van der Waals surface area contributed by atoms with E-state index in [4.69, 9.17) is 0 Å². The lowest BCUT2D eigenvalue weighted by Gasteiger charge is -2.29. The van der Waals surface area contributed by atoms with Crippen LogP contribution < -0.4 is 5.32 Å². The number of halogens is 2. The number of nitrogens with one attached hydrogen (secondary N) is 1. The summed E-state index contributed by atoms with van der Waals surface area (Å²) in [5, 5.41) is 14.1. The number of fused-ring (bicyclic) bond motifs is 1. The van der Waals surface area contributed by atoms with Gasteiger partial charge in [0.25, 0.3) is 5.91 Å². The van der Waals surface area contributed by atoms with Crippen LogP contribution in [0.25, 0.3) is 11.0 Å². The van der Waals surface area contributed by atoms with E-state index in [0.717, 1.165) is 0 Å². The van der Waals surface area contributed by atoms with Gasteiger partial charge in [0, 0.05) is 19.2 Å². The molecular formula is C25H23F2N3O2. The third-order valence-corrected chi connectivity index (χ3v) is 5.65. The van der Waals surface area contributed by atoms with Crippen molar-refractivity contribution in [2.24, 2.45) is 0 Å². The maximum Gasteiger partial charge on any atom is 0.349 e. The Hall–Kier alpha value is -3.58. The molecule has 0 spiro atoms. The fourth-order valence-corrected chi connectivity index (χ4v) is 3.99. The van der Waals surface area contributed by atoms with Crippen molar-refractivity contribution < 1.29 is 18.7 Å². The van der Waals surface area contributed by atoms with E-state index < -0.39 is 23.0 Å². The number of nitrogens with zero attached hydrogens (tertiary/aromatic N) is 2. The average molecular weight is 435 g/mol. The van der Waals surface area contributed by atoms with Gasteiger partial charge in [-0.1, -0.05) is 66.7 Å². The van der Waals surface area contributed by atoms with Crippen molar-refractivity contribution in [2.45, 2.75) is 25.0 Å². The predicted molar refractivity (Wildman–Crippen MR) is 118 cm³/mol. The highest BCUT2D eigenvalue weighted by molar-refractivity contribution is 5.86. The predicted octanol–water partition coefficient (Wildman–Crippen LogP) is 4.18. The molecule has 1 heterocycles. The lowest BCUT2D eigenvalue weighted by molar-refractivity contribution is -0.146. The molecule has 3 aromatic carbocycles. The molecule has 4 aromatic rings. The van der Waals surface area contributed by atoms with Crippen LogP contribution in [0, 0.1) is 0 Å². The summed E-state index contributed by atoms with van der Waals surface area (Å²) < 4.78 is 30.9. The van der Waals surface area contributed by atoms with Gasteiger partial charge in [0.2, 0.25) is 0 Å². The van der Waals surface area contributed by atoms with Gasteiger partial charge in [-0.15, -0.1) is 0 Å². The normalized spacial score (nSPS) is 12.2. The van der Waals surface area contributed by atoms with Crippen LogP contribution in [0.1, 0.15) is 29.4 Å². The van der Waals surface area contributed by atoms with Crippen LogP contribution in [0.3, 0.4) is 0 Å². The molecule has 1 amide bonds. The summed E-state index contributed by atoms with van der Waals surface area (Å²) >= 11 is 0. The van der Waals surface area contributed by atoms with Gasteiger partial charge in [0.15, 0.2) is 11.4 Å². The van der Waals surface area contributed by atoms with Gasteiger partial charge >= 0.3 is 5.92 Å². The zero-order valence-electron chi connectivity index (χ0n) is 17.7. The van der Waals surface area contributed by atoms with E-state index in [1.165, 1.54) is 25.2 Å². The van der Waals surface area contributed by atoms with Crippen LogP contribution in [0.15, 0.2) is 78.9 Å². The Labute approximate surface area is 184 Å². The number of benzene rings is 3. The summed E-state index contributed by atoms with van der Waals surface area (Å²) in [5.74, 6) is -4.77. The van der Waals surface area contributed by atoms with Crippen molar-refractivity contribution in [2.75, 3.05) is 7.05 Å². The van der Waals surface area contributed by atoms with Crippen molar-refractivity contribution in [1.82, 2.24) is 14.9 Å². The summed E-state index contributed by atoms with van der Waals surface area (Å²) in [7, 11) is 1.17. The second kappa shape index (κ2) is 8.16.